The quantitative estimate of drug-likeness (QED) is 0.777. The van der Waals surface area contributed by atoms with E-state index in [1.54, 1.807) is 0 Å². The van der Waals surface area contributed by atoms with Gasteiger partial charge in [0.2, 0.25) is 0 Å². The maximum atomic E-state index is 5.62. The van der Waals surface area contributed by atoms with Crippen molar-refractivity contribution in [2.75, 3.05) is 26.3 Å². The molecular formula is C15H22BrNO2. The second-order valence-corrected chi connectivity index (χ2v) is 5.65. The molecule has 0 unspecified atom stereocenters. The molecule has 1 aromatic rings. The number of fused-ring (bicyclic) bond motifs is 1. The van der Waals surface area contributed by atoms with Gasteiger partial charge in [-0.1, -0.05) is 22.9 Å². The first-order valence-electron chi connectivity index (χ1n) is 7.10. The first-order valence-corrected chi connectivity index (χ1v) is 7.89. The number of ether oxygens (including phenoxy) is 2. The molecule has 0 radical (unpaired) electrons. The van der Waals surface area contributed by atoms with Crippen LogP contribution in [0.25, 0.3) is 0 Å². The van der Waals surface area contributed by atoms with E-state index in [1.807, 2.05) is 6.07 Å². The van der Waals surface area contributed by atoms with Crippen molar-refractivity contribution < 1.29 is 9.47 Å². The Hall–Kier alpha value is -0.740. The minimum Gasteiger partial charge on any atom is -0.486 e. The second kappa shape index (κ2) is 7.75. The van der Waals surface area contributed by atoms with Gasteiger partial charge in [0.25, 0.3) is 0 Å². The number of unbranched alkanes of at least 4 members (excludes halogenated alkanes) is 1. The molecule has 1 heterocycles. The van der Waals surface area contributed by atoms with E-state index in [1.165, 1.54) is 24.8 Å². The van der Waals surface area contributed by atoms with Crippen molar-refractivity contribution in [3.8, 4) is 11.5 Å². The highest BCUT2D eigenvalue weighted by atomic mass is 79.9. The van der Waals surface area contributed by atoms with Crippen LogP contribution in [0, 0.1) is 0 Å². The van der Waals surface area contributed by atoms with Gasteiger partial charge in [0, 0.05) is 4.47 Å². The van der Waals surface area contributed by atoms with E-state index in [0.29, 0.717) is 13.2 Å². The fourth-order valence-corrected chi connectivity index (χ4v) is 2.69. The van der Waals surface area contributed by atoms with E-state index in [4.69, 9.17) is 9.47 Å². The maximum Gasteiger partial charge on any atom is 0.162 e. The van der Waals surface area contributed by atoms with E-state index in [0.717, 1.165) is 35.5 Å². The van der Waals surface area contributed by atoms with Crippen molar-refractivity contribution in [3.05, 3.63) is 22.2 Å². The molecule has 1 aliphatic rings. The van der Waals surface area contributed by atoms with Gasteiger partial charge >= 0.3 is 0 Å². The molecule has 1 N–H and O–H groups in total. The predicted molar refractivity (Wildman–Crippen MR) is 81.2 cm³/mol. The molecule has 0 spiro atoms. The minimum absolute atomic E-state index is 0.641. The molecule has 0 atom stereocenters. The van der Waals surface area contributed by atoms with Crippen LogP contribution in [-0.2, 0) is 6.42 Å². The normalized spacial score (nSPS) is 13.6. The summed E-state index contributed by atoms with van der Waals surface area (Å²) < 4.78 is 12.3. The highest BCUT2D eigenvalue weighted by Gasteiger charge is 2.14. The Balaban J connectivity index is 1.83. The summed E-state index contributed by atoms with van der Waals surface area (Å²) in [5.41, 5.74) is 1.31. The van der Waals surface area contributed by atoms with Crippen LogP contribution in [0.3, 0.4) is 0 Å². The number of aryl methyl sites for hydroxylation is 1. The molecule has 0 saturated heterocycles. The fourth-order valence-electron chi connectivity index (χ4n) is 2.16. The van der Waals surface area contributed by atoms with E-state index in [2.05, 4.69) is 34.2 Å². The van der Waals surface area contributed by atoms with Gasteiger partial charge in [-0.25, -0.2) is 0 Å². The average molecular weight is 328 g/mol. The number of halogens is 1. The van der Waals surface area contributed by atoms with Gasteiger partial charge in [0.1, 0.15) is 13.2 Å². The van der Waals surface area contributed by atoms with Gasteiger partial charge < -0.3 is 14.8 Å². The third kappa shape index (κ3) is 4.39. The fraction of sp³-hybridized carbons (Fsp3) is 0.600. The van der Waals surface area contributed by atoms with Crippen LogP contribution in [0.2, 0.25) is 0 Å². The molecule has 1 aromatic carbocycles. The molecule has 0 amide bonds. The van der Waals surface area contributed by atoms with Gasteiger partial charge in [0.15, 0.2) is 11.5 Å². The predicted octanol–water partition coefficient (Wildman–Crippen LogP) is 3.54. The van der Waals surface area contributed by atoms with Crippen molar-refractivity contribution in [1.29, 1.82) is 0 Å². The Kier molecular flexibility index (Phi) is 5.98. The highest BCUT2D eigenvalue weighted by Crippen LogP contribution is 2.36. The van der Waals surface area contributed by atoms with Crippen molar-refractivity contribution in [2.24, 2.45) is 0 Å². The lowest BCUT2D eigenvalue weighted by molar-refractivity contribution is 0.171. The van der Waals surface area contributed by atoms with Crippen LogP contribution in [0.5, 0.6) is 11.5 Å². The van der Waals surface area contributed by atoms with Crippen LogP contribution >= 0.6 is 15.9 Å². The Morgan fingerprint density at radius 2 is 1.84 bits per heavy atom. The van der Waals surface area contributed by atoms with Gasteiger partial charge in [-0.05, 0) is 56.5 Å². The number of hydrogen-bond donors (Lipinski definition) is 1. The van der Waals surface area contributed by atoms with Gasteiger partial charge in [-0.15, -0.1) is 0 Å². The van der Waals surface area contributed by atoms with Crippen LogP contribution in [0.15, 0.2) is 16.6 Å². The SMILES string of the molecule is CCCNCCCCc1cc2c(cc1Br)OCCO2. The maximum absolute atomic E-state index is 5.62. The lowest BCUT2D eigenvalue weighted by Crippen LogP contribution is -2.16. The first-order chi connectivity index (χ1) is 9.31. The average Bonchev–Trinajstić information content (AvgIpc) is 2.43. The van der Waals surface area contributed by atoms with Crippen LogP contribution in [0.4, 0.5) is 0 Å². The van der Waals surface area contributed by atoms with E-state index in [9.17, 15) is 0 Å². The summed E-state index contributed by atoms with van der Waals surface area (Å²) in [4.78, 5) is 0. The minimum atomic E-state index is 0.641. The number of rotatable bonds is 7. The Morgan fingerprint density at radius 1 is 1.11 bits per heavy atom. The van der Waals surface area contributed by atoms with Crippen molar-refractivity contribution in [2.45, 2.75) is 32.6 Å². The van der Waals surface area contributed by atoms with E-state index >= 15 is 0 Å². The van der Waals surface area contributed by atoms with Gasteiger partial charge in [-0.3, -0.25) is 0 Å². The van der Waals surface area contributed by atoms with Gasteiger partial charge in [0.05, 0.1) is 0 Å². The molecular weight excluding hydrogens is 306 g/mol. The summed E-state index contributed by atoms with van der Waals surface area (Å²) in [7, 11) is 0. The summed E-state index contributed by atoms with van der Waals surface area (Å²) in [6.07, 6.45) is 4.68. The van der Waals surface area contributed by atoms with Crippen molar-refractivity contribution >= 4 is 15.9 Å². The zero-order valence-corrected chi connectivity index (χ0v) is 13.1. The van der Waals surface area contributed by atoms with Crippen LogP contribution in [0.1, 0.15) is 31.7 Å². The summed E-state index contributed by atoms with van der Waals surface area (Å²) in [6, 6.07) is 4.14. The molecule has 2 rings (SSSR count). The summed E-state index contributed by atoms with van der Waals surface area (Å²) in [5, 5.41) is 3.43. The van der Waals surface area contributed by atoms with Crippen molar-refractivity contribution in [3.63, 3.8) is 0 Å². The van der Waals surface area contributed by atoms with Crippen LogP contribution in [-0.4, -0.2) is 26.3 Å². The smallest absolute Gasteiger partial charge is 0.162 e. The van der Waals surface area contributed by atoms with E-state index < -0.39 is 0 Å². The number of benzene rings is 1. The number of hydrogen-bond acceptors (Lipinski definition) is 3. The van der Waals surface area contributed by atoms with E-state index in [-0.39, 0.29) is 0 Å². The molecule has 0 bridgehead atoms. The molecule has 19 heavy (non-hydrogen) atoms. The zero-order chi connectivity index (χ0) is 13.5. The Bertz CT molecular complexity index is 409. The third-order valence-electron chi connectivity index (χ3n) is 3.19. The monoisotopic (exact) mass is 327 g/mol. The molecule has 0 aliphatic carbocycles. The summed E-state index contributed by atoms with van der Waals surface area (Å²) >= 11 is 3.62. The Labute approximate surface area is 123 Å². The zero-order valence-electron chi connectivity index (χ0n) is 11.5. The summed E-state index contributed by atoms with van der Waals surface area (Å²) in [5.74, 6) is 1.74. The Morgan fingerprint density at radius 3 is 2.58 bits per heavy atom. The van der Waals surface area contributed by atoms with Crippen molar-refractivity contribution in [1.82, 2.24) is 5.32 Å². The topological polar surface area (TPSA) is 30.5 Å². The third-order valence-corrected chi connectivity index (χ3v) is 3.93. The number of nitrogens with one attached hydrogen (secondary N) is 1. The first kappa shape index (κ1) is 14.7. The molecule has 1 aliphatic heterocycles. The molecule has 0 aromatic heterocycles. The summed E-state index contributed by atoms with van der Waals surface area (Å²) in [6.45, 7) is 5.71. The molecule has 0 fully saturated rings. The molecule has 106 valence electrons. The van der Waals surface area contributed by atoms with Crippen LogP contribution < -0.4 is 14.8 Å². The lowest BCUT2D eigenvalue weighted by Gasteiger charge is -2.20. The van der Waals surface area contributed by atoms with Gasteiger partial charge in [-0.2, -0.15) is 0 Å². The highest BCUT2D eigenvalue weighted by molar-refractivity contribution is 9.10. The second-order valence-electron chi connectivity index (χ2n) is 4.79. The largest absolute Gasteiger partial charge is 0.486 e. The lowest BCUT2D eigenvalue weighted by atomic mass is 10.1. The molecule has 0 saturated carbocycles. The molecule has 3 nitrogen and oxygen atoms in total. The molecule has 4 heteroatoms. The standard InChI is InChI=1S/C15H22BrNO2/c1-2-6-17-7-4-3-5-12-10-14-15(11-13(12)16)19-9-8-18-14/h10-11,17H,2-9H2,1H3.